The Morgan fingerprint density at radius 1 is 1.07 bits per heavy atom. The number of aliphatic carboxylic acids is 1. The van der Waals surface area contributed by atoms with Gasteiger partial charge in [0.2, 0.25) is 0 Å². The Bertz CT molecular complexity index is 862. The molecular weight excluding hydrogens is 348 g/mol. The predicted molar refractivity (Wildman–Crippen MR) is 109 cm³/mol. The number of carbonyl (C=O) groups is 1. The third-order valence-corrected chi connectivity index (χ3v) is 6.88. The van der Waals surface area contributed by atoms with Crippen LogP contribution in [0.1, 0.15) is 41.9 Å². The maximum absolute atomic E-state index is 11.9. The van der Waals surface area contributed by atoms with E-state index < -0.39 is 12.0 Å². The highest BCUT2D eigenvalue weighted by molar-refractivity contribution is 5.74. The average Bonchev–Trinajstić information content (AvgIpc) is 3.63. The monoisotopic (exact) mass is 376 g/mol. The van der Waals surface area contributed by atoms with Crippen LogP contribution in [0.3, 0.4) is 0 Å². The molecule has 146 valence electrons. The van der Waals surface area contributed by atoms with Gasteiger partial charge >= 0.3 is 5.97 Å². The molecule has 1 heterocycles. The molecule has 0 saturated heterocycles. The highest BCUT2D eigenvalue weighted by Crippen LogP contribution is 2.48. The van der Waals surface area contributed by atoms with Crippen molar-refractivity contribution in [1.29, 1.82) is 0 Å². The smallest absolute Gasteiger partial charge is 0.321 e. The van der Waals surface area contributed by atoms with Gasteiger partial charge < -0.3 is 10.4 Å². The zero-order chi connectivity index (χ0) is 19.1. The summed E-state index contributed by atoms with van der Waals surface area (Å²) < 4.78 is 0. The maximum atomic E-state index is 11.9. The average molecular weight is 377 g/mol. The summed E-state index contributed by atoms with van der Waals surface area (Å²) in [5, 5.41) is 13.6. The number of carboxylic acids is 1. The van der Waals surface area contributed by atoms with E-state index in [1.54, 1.807) is 0 Å². The second-order valence-corrected chi connectivity index (χ2v) is 8.97. The van der Waals surface area contributed by atoms with Crippen molar-refractivity contribution in [3.8, 4) is 0 Å². The zero-order valence-corrected chi connectivity index (χ0v) is 16.2. The number of hydrogen-bond donors (Lipinski definition) is 2. The van der Waals surface area contributed by atoms with Crippen molar-refractivity contribution < 1.29 is 9.90 Å². The number of fused-ring (bicyclic) bond motifs is 1. The molecule has 2 aromatic rings. The van der Waals surface area contributed by atoms with Crippen LogP contribution in [-0.2, 0) is 17.8 Å². The molecule has 4 nitrogen and oxygen atoms in total. The minimum Gasteiger partial charge on any atom is -0.480 e. The molecule has 4 heteroatoms. The lowest BCUT2D eigenvalue weighted by molar-refractivity contribution is -0.144. The minimum atomic E-state index is -0.690. The molecule has 2 aliphatic carbocycles. The number of nitrogens with one attached hydrogen (secondary N) is 1. The molecule has 2 fully saturated rings. The molecule has 3 aliphatic rings. The first-order chi connectivity index (χ1) is 13.6. The summed E-state index contributed by atoms with van der Waals surface area (Å²) in [5.41, 5.74) is 4.17. The highest BCUT2D eigenvalue weighted by Gasteiger charge is 2.48. The largest absolute Gasteiger partial charge is 0.480 e. The van der Waals surface area contributed by atoms with Gasteiger partial charge in [-0.25, -0.2) is 0 Å². The Labute approximate surface area is 166 Å². The van der Waals surface area contributed by atoms with E-state index in [2.05, 4.69) is 58.7 Å². The molecule has 2 saturated carbocycles. The Kier molecular flexibility index (Phi) is 4.48. The van der Waals surface area contributed by atoms with E-state index in [9.17, 15) is 9.90 Å². The van der Waals surface area contributed by atoms with Gasteiger partial charge in [-0.05, 0) is 47.8 Å². The van der Waals surface area contributed by atoms with Crippen molar-refractivity contribution >= 4 is 5.97 Å². The molecule has 2 N–H and O–H groups in total. The SMILES string of the molecule is O=C(O)[C@H]1Cc2ccccc2CN1CC1(CN[C@H]2CC2c2ccccc2)CC1. The number of nitrogens with zero attached hydrogens (tertiary/aromatic N) is 1. The lowest BCUT2D eigenvalue weighted by Gasteiger charge is -2.37. The van der Waals surface area contributed by atoms with Crippen molar-refractivity contribution in [2.24, 2.45) is 5.41 Å². The van der Waals surface area contributed by atoms with E-state index in [0.29, 0.717) is 18.4 Å². The topological polar surface area (TPSA) is 52.6 Å². The lowest BCUT2D eigenvalue weighted by atomic mass is 9.92. The first-order valence-corrected chi connectivity index (χ1v) is 10.5. The Hall–Kier alpha value is -2.17. The van der Waals surface area contributed by atoms with Crippen LogP contribution in [0.15, 0.2) is 54.6 Å². The Morgan fingerprint density at radius 2 is 1.79 bits per heavy atom. The van der Waals surface area contributed by atoms with Crippen LogP contribution in [-0.4, -0.2) is 41.1 Å². The van der Waals surface area contributed by atoms with Crippen molar-refractivity contribution in [3.05, 3.63) is 71.3 Å². The standard InChI is InChI=1S/C24H28N2O2/c27-23(28)22-12-18-8-4-5-9-19(18)14-26(22)16-24(10-11-24)15-25-21-13-20(21)17-6-2-1-3-7-17/h1-9,20-22,25H,10-16H2,(H,27,28)/t20?,21-,22+/m0/s1. The van der Waals surface area contributed by atoms with Crippen LogP contribution >= 0.6 is 0 Å². The van der Waals surface area contributed by atoms with Crippen LogP contribution in [0.4, 0.5) is 0 Å². The second kappa shape index (κ2) is 7.02. The van der Waals surface area contributed by atoms with E-state index in [1.807, 2.05) is 6.07 Å². The Balaban J connectivity index is 1.21. The lowest BCUT2D eigenvalue weighted by Crippen LogP contribution is -2.49. The molecular formula is C24H28N2O2. The summed E-state index contributed by atoms with van der Waals surface area (Å²) in [7, 11) is 0. The fraction of sp³-hybridized carbons (Fsp3) is 0.458. The summed E-state index contributed by atoms with van der Waals surface area (Å²) in [6.07, 6.45) is 4.24. The van der Waals surface area contributed by atoms with Gasteiger partial charge in [0.05, 0.1) is 0 Å². The number of carboxylic acid groups (broad SMARTS) is 1. The molecule has 0 radical (unpaired) electrons. The first kappa shape index (κ1) is 17.9. The molecule has 5 rings (SSSR count). The van der Waals surface area contributed by atoms with Crippen LogP contribution < -0.4 is 5.32 Å². The molecule has 2 aromatic carbocycles. The molecule has 0 amide bonds. The van der Waals surface area contributed by atoms with E-state index in [0.717, 1.165) is 19.6 Å². The van der Waals surface area contributed by atoms with Gasteiger partial charge in [0, 0.05) is 31.6 Å². The van der Waals surface area contributed by atoms with Crippen molar-refractivity contribution in [2.75, 3.05) is 13.1 Å². The van der Waals surface area contributed by atoms with E-state index in [1.165, 1.54) is 36.0 Å². The van der Waals surface area contributed by atoms with E-state index in [4.69, 9.17) is 0 Å². The Morgan fingerprint density at radius 3 is 2.50 bits per heavy atom. The van der Waals surface area contributed by atoms with Crippen LogP contribution in [0.5, 0.6) is 0 Å². The van der Waals surface area contributed by atoms with Gasteiger partial charge in [-0.3, -0.25) is 9.69 Å². The van der Waals surface area contributed by atoms with Gasteiger partial charge in [0.25, 0.3) is 0 Å². The number of benzene rings is 2. The third-order valence-electron chi connectivity index (χ3n) is 6.88. The molecule has 1 aliphatic heterocycles. The molecule has 28 heavy (non-hydrogen) atoms. The highest BCUT2D eigenvalue weighted by atomic mass is 16.4. The molecule has 0 bridgehead atoms. The summed E-state index contributed by atoms with van der Waals surface area (Å²) in [5.74, 6) is -0.0461. The van der Waals surface area contributed by atoms with Crippen LogP contribution in [0.2, 0.25) is 0 Å². The van der Waals surface area contributed by atoms with Crippen LogP contribution in [0.25, 0.3) is 0 Å². The summed E-state index contributed by atoms with van der Waals surface area (Å²) >= 11 is 0. The van der Waals surface area contributed by atoms with Crippen molar-refractivity contribution in [1.82, 2.24) is 10.2 Å². The fourth-order valence-corrected chi connectivity index (χ4v) is 4.82. The van der Waals surface area contributed by atoms with Crippen LogP contribution in [0, 0.1) is 5.41 Å². The van der Waals surface area contributed by atoms with Crippen molar-refractivity contribution in [2.45, 2.75) is 50.2 Å². The van der Waals surface area contributed by atoms with Gasteiger partial charge in [-0.1, -0.05) is 54.6 Å². The van der Waals surface area contributed by atoms with Crippen molar-refractivity contribution in [3.63, 3.8) is 0 Å². The quantitative estimate of drug-likeness (QED) is 0.777. The summed E-state index contributed by atoms with van der Waals surface area (Å²) in [4.78, 5) is 14.1. The second-order valence-electron chi connectivity index (χ2n) is 8.97. The van der Waals surface area contributed by atoms with E-state index >= 15 is 0 Å². The van der Waals surface area contributed by atoms with Gasteiger partial charge in [0.15, 0.2) is 0 Å². The van der Waals surface area contributed by atoms with Gasteiger partial charge in [-0.2, -0.15) is 0 Å². The predicted octanol–water partition coefficient (Wildman–Crippen LogP) is 3.42. The van der Waals surface area contributed by atoms with Gasteiger partial charge in [0.1, 0.15) is 6.04 Å². The third kappa shape index (κ3) is 3.59. The number of rotatable bonds is 7. The first-order valence-electron chi connectivity index (χ1n) is 10.5. The minimum absolute atomic E-state index is 0.254. The molecule has 0 spiro atoms. The fourth-order valence-electron chi connectivity index (χ4n) is 4.82. The normalized spacial score (nSPS) is 27.8. The summed E-state index contributed by atoms with van der Waals surface area (Å²) in [6, 6.07) is 19.2. The summed E-state index contributed by atoms with van der Waals surface area (Å²) in [6.45, 7) is 2.64. The molecule has 3 atom stereocenters. The zero-order valence-electron chi connectivity index (χ0n) is 16.2. The molecule has 1 unspecified atom stereocenters. The van der Waals surface area contributed by atoms with Gasteiger partial charge in [-0.15, -0.1) is 0 Å². The number of hydrogen-bond acceptors (Lipinski definition) is 3. The molecule has 0 aromatic heterocycles. The maximum Gasteiger partial charge on any atom is 0.321 e. The van der Waals surface area contributed by atoms with E-state index in [-0.39, 0.29) is 5.41 Å².